The molecule has 2 nitrogen and oxygen atoms in total. The molecule has 0 spiro atoms. The average Bonchev–Trinajstić information content (AvgIpc) is 2.08. The van der Waals surface area contributed by atoms with Crippen LogP contribution in [0.3, 0.4) is 0 Å². The van der Waals surface area contributed by atoms with E-state index in [1.807, 2.05) is 41.5 Å². The van der Waals surface area contributed by atoms with E-state index in [1.54, 1.807) is 0 Å². The van der Waals surface area contributed by atoms with Gasteiger partial charge >= 0.3 is 8.57 Å². The number of hydrogen-bond acceptors (Lipinski definition) is 2. The third-order valence-electron chi connectivity index (χ3n) is 4.49. The largest absolute Gasteiger partial charge is 0.342 e. The van der Waals surface area contributed by atoms with Gasteiger partial charge in [-0.2, -0.15) is 0 Å². The minimum atomic E-state index is -3.17. The monoisotopic (exact) mass is 306 g/mol. The van der Waals surface area contributed by atoms with Crippen LogP contribution in [0.4, 0.5) is 4.11 Å². The van der Waals surface area contributed by atoms with Crippen molar-refractivity contribution in [1.29, 1.82) is 0 Å². The summed E-state index contributed by atoms with van der Waals surface area (Å²) in [5, 5.41) is 6.13. The minimum Gasteiger partial charge on any atom is -0.290 e. The predicted molar refractivity (Wildman–Crippen MR) is 89.8 cm³/mol. The zero-order valence-electron chi connectivity index (χ0n) is 14.9. The number of hydrazine groups is 1. The van der Waals surface area contributed by atoms with Crippen LogP contribution in [0.15, 0.2) is 0 Å². The molecule has 0 aliphatic rings. The lowest BCUT2D eigenvalue weighted by Crippen LogP contribution is -2.70. The smallest absolute Gasteiger partial charge is 0.290 e. The Bertz CT molecular complexity index is 295. The van der Waals surface area contributed by atoms with Crippen molar-refractivity contribution in [3.8, 4) is 0 Å². The maximum absolute atomic E-state index is 15.7. The molecule has 0 atom stereocenters. The Morgan fingerprint density at radius 1 is 0.632 bits per heavy atom. The first-order valence-corrected chi connectivity index (χ1v) is 12.1. The maximum atomic E-state index is 15.7. The highest BCUT2D eigenvalue weighted by molar-refractivity contribution is 6.81. The summed E-state index contributed by atoms with van der Waals surface area (Å²) in [5.41, 5.74) is 0. The van der Waals surface area contributed by atoms with E-state index in [0.29, 0.717) is 0 Å². The van der Waals surface area contributed by atoms with Crippen molar-refractivity contribution in [3.63, 3.8) is 0 Å². The third kappa shape index (κ3) is 4.12. The molecule has 0 radical (unpaired) electrons. The molecule has 0 saturated heterocycles. The fourth-order valence-electron chi connectivity index (χ4n) is 1.93. The van der Waals surface area contributed by atoms with Crippen LogP contribution in [0.2, 0.25) is 28.2 Å². The van der Waals surface area contributed by atoms with E-state index < -0.39 is 16.8 Å². The van der Waals surface area contributed by atoms with Gasteiger partial charge in [0.2, 0.25) is 0 Å². The fourth-order valence-corrected chi connectivity index (χ4v) is 7.24. The molecule has 116 valence electrons. The zero-order chi connectivity index (χ0) is 15.9. The molecule has 0 aliphatic heterocycles. The Labute approximate surface area is 122 Å². The van der Waals surface area contributed by atoms with Crippen molar-refractivity contribution in [2.75, 3.05) is 0 Å². The van der Waals surface area contributed by atoms with Crippen molar-refractivity contribution >= 4 is 16.8 Å². The van der Waals surface area contributed by atoms with Crippen molar-refractivity contribution in [2.24, 2.45) is 0 Å². The lowest BCUT2D eigenvalue weighted by molar-refractivity contribution is 0.472. The van der Waals surface area contributed by atoms with Crippen molar-refractivity contribution in [3.05, 3.63) is 0 Å². The summed E-state index contributed by atoms with van der Waals surface area (Å²) in [6.07, 6.45) is 0. The standard InChI is InChI=1S/C14H35FN2Si2/c1-12(2,3)18(10,11)16-17-19(15,13(4,5)6)14(7,8)9/h16-17H,1-11H3. The lowest BCUT2D eigenvalue weighted by atomic mass is 10.2. The van der Waals surface area contributed by atoms with Gasteiger partial charge in [-0.1, -0.05) is 75.4 Å². The zero-order valence-corrected chi connectivity index (χ0v) is 16.9. The summed E-state index contributed by atoms with van der Waals surface area (Å²) in [6.45, 7) is 23.2. The van der Waals surface area contributed by atoms with Crippen LogP contribution in [0, 0.1) is 0 Å². The van der Waals surface area contributed by atoms with Gasteiger partial charge in [0.15, 0.2) is 0 Å². The normalized spacial score (nSPS) is 15.8. The molecule has 19 heavy (non-hydrogen) atoms. The molecule has 5 heteroatoms. The Balaban J connectivity index is 5.22. The third-order valence-corrected chi connectivity index (χ3v) is 13.8. The van der Waals surface area contributed by atoms with Crippen LogP contribution in [0.1, 0.15) is 62.3 Å². The van der Waals surface area contributed by atoms with E-state index >= 15 is 4.11 Å². The molecular weight excluding hydrogens is 271 g/mol. The first-order chi connectivity index (χ1) is 7.96. The van der Waals surface area contributed by atoms with E-state index in [0.717, 1.165) is 0 Å². The molecular formula is C14H35FN2Si2. The molecule has 0 amide bonds. The van der Waals surface area contributed by atoms with E-state index in [2.05, 4.69) is 44.0 Å². The topological polar surface area (TPSA) is 24.1 Å². The average molecular weight is 307 g/mol. The van der Waals surface area contributed by atoms with Crippen molar-refractivity contribution < 1.29 is 4.11 Å². The summed E-state index contributed by atoms with van der Waals surface area (Å²) in [4.78, 5) is 0. The molecule has 0 aliphatic carbocycles. The van der Waals surface area contributed by atoms with E-state index in [9.17, 15) is 0 Å². The quantitative estimate of drug-likeness (QED) is 0.431. The highest BCUT2D eigenvalue weighted by Crippen LogP contribution is 2.50. The number of rotatable bonds is 3. The fraction of sp³-hybridized carbons (Fsp3) is 1.00. The van der Waals surface area contributed by atoms with Crippen LogP contribution in [0.5, 0.6) is 0 Å². The predicted octanol–water partition coefficient (Wildman–Crippen LogP) is 5.10. The molecule has 0 aromatic heterocycles. The Hall–Kier alpha value is 0.284. The van der Waals surface area contributed by atoms with Gasteiger partial charge in [0, 0.05) is 10.1 Å². The summed E-state index contributed by atoms with van der Waals surface area (Å²) in [6, 6.07) is 0. The maximum Gasteiger partial charge on any atom is 0.342 e. The van der Waals surface area contributed by atoms with E-state index in [-0.39, 0.29) is 15.1 Å². The van der Waals surface area contributed by atoms with E-state index in [1.165, 1.54) is 0 Å². The van der Waals surface area contributed by atoms with Gasteiger partial charge in [-0.05, 0) is 5.04 Å². The van der Waals surface area contributed by atoms with Crippen LogP contribution < -0.4 is 10.2 Å². The summed E-state index contributed by atoms with van der Waals surface area (Å²) in [7, 11) is -4.91. The molecule has 0 fully saturated rings. The molecule has 0 bridgehead atoms. The van der Waals surface area contributed by atoms with E-state index in [4.69, 9.17) is 0 Å². The summed E-state index contributed by atoms with van der Waals surface area (Å²) in [5.74, 6) is 0. The molecule has 2 N–H and O–H groups in total. The second-order valence-corrected chi connectivity index (χ2v) is 18.9. The van der Waals surface area contributed by atoms with Crippen molar-refractivity contribution in [1.82, 2.24) is 10.2 Å². The Morgan fingerprint density at radius 3 is 1.16 bits per heavy atom. The second-order valence-electron chi connectivity index (χ2n) is 9.28. The van der Waals surface area contributed by atoms with Gasteiger partial charge < -0.3 is 0 Å². The number of halogens is 1. The molecule has 0 unspecified atom stereocenters. The van der Waals surface area contributed by atoms with Gasteiger partial charge in [-0.15, -0.1) is 0 Å². The molecule has 0 aromatic rings. The highest BCUT2D eigenvalue weighted by Gasteiger charge is 2.56. The van der Waals surface area contributed by atoms with Gasteiger partial charge in [0.25, 0.3) is 0 Å². The SMILES string of the molecule is CC(C)(C)[Si](C)(C)NN[Si](F)(C(C)(C)C)C(C)(C)C. The lowest BCUT2D eigenvalue weighted by Gasteiger charge is -2.47. The molecule has 0 heterocycles. The summed E-state index contributed by atoms with van der Waals surface area (Å²) < 4.78 is 15.7. The van der Waals surface area contributed by atoms with Gasteiger partial charge in [-0.3, -0.25) is 14.3 Å². The van der Waals surface area contributed by atoms with Gasteiger partial charge in [0.05, 0.1) is 0 Å². The van der Waals surface area contributed by atoms with Crippen LogP contribution in [-0.2, 0) is 0 Å². The first-order valence-electron chi connectivity index (χ1n) is 7.19. The Kier molecular flexibility index (Phi) is 5.32. The van der Waals surface area contributed by atoms with Crippen molar-refractivity contribution in [2.45, 2.75) is 90.5 Å². The van der Waals surface area contributed by atoms with Crippen LogP contribution >= 0.6 is 0 Å². The number of nitrogens with one attached hydrogen (secondary N) is 2. The highest BCUT2D eigenvalue weighted by atomic mass is 28.4. The Morgan fingerprint density at radius 2 is 0.947 bits per heavy atom. The summed E-state index contributed by atoms with van der Waals surface area (Å²) >= 11 is 0. The molecule has 0 rings (SSSR count). The molecule has 0 aromatic carbocycles. The van der Waals surface area contributed by atoms with Crippen LogP contribution in [-0.4, -0.2) is 16.8 Å². The van der Waals surface area contributed by atoms with Gasteiger partial charge in [-0.25, -0.2) is 0 Å². The second kappa shape index (κ2) is 5.24. The molecule has 0 saturated carbocycles. The first kappa shape index (κ1) is 19.3. The van der Waals surface area contributed by atoms with Crippen LogP contribution in [0.25, 0.3) is 0 Å². The number of hydrogen-bond donors (Lipinski definition) is 2. The van der Waals surface area contributed by atoms with Gasteiger partial charge in [0.1, 0.15) is 8.24 Å². The minimum absolute atomic E-state index is 0.186.